The average molecular weight is 473 g/mol. The first-order valence-corrected chi connectivity index (χ1v) is 12.0. The maximum atomic E-state index is 13.0. The predicted octanol–water partition coefficient (Wildman–Crippen LogP) is 5.08. The van der Waals surface area contributed by atoms with Crippen molar-refractivity contribution in [2.75, 3.05) is 19.5 Å². The third kappa shape index (κ3) is 4.63. The van der Waals surface area contributed by atoms with Crippen molar-refractivity contribution in [2.24, 2.45) is 0 Å². The summed E-state index contributed by atoms with van der Waals surface area (Å²) in [5.74, 6) is 0.655. The summed E-state index contributed by atoms with van der Waals surface area (Å²) in [4.78, 5) is 30.3. The van der Waals surface area contributed by atoms with E-state index >= 15 is 0 Å². The molecule has 9 heteroatoms. The molecule has 0 unspecified atom stereocenters. The highest BCUT2D eigenvalue weighted by Crippen LogP contribution is 2.39. The van der Waals surface area contributed by atoms with E-state index < -0.39 is 5.97 Å². The Balaban J connectivity index is 1.50. The number of aryl methyl sites for hydroxylation is 1. The number of hydrogen-bond acceptors (Lipinski definition) is 8. The molecule has 2 heterocycles. The minimum absolute atomic E-state index is 0.0623. The van der Waals surface area contributed by atoms with Gasteiger partial charge < -0.3 is 19.5 Å². The Morgan fingerprint density at radius 3 is 2.66 bits per heavy atom. The van der Waals surface area contributed by atoms with Gasteiger partial charge in [0.15, 0.2) is 11.5 Å². The third-order valence-electron chi connectivity index (χ3n) is 5.20. The van der Waals surface area contributed by atoms with E-state index in [1.165, 1.54) is 29.6 Å². The fraction of sp³-hybridized carbons (Fsp3) is 0.348. The molecular formula is C23H24N2O5S2. The van der Waals surface area contributed by atoms with Crippen LogP contribution < -0.4 is 14.8 Å². The van der Waals surface area contributed by atoms with Crippen molar-refractivity contribution in [3.05, 3.63) is 45.3 Å². The van der Waals surface area contributed by atoms with Crippen molar-refractivity contribution in [1.29, 1.82) is 0 Å². The normalized spacial score (nSPS) is 12.7. The molecule has 0 atom stereocenters. The van der Waals surface area contributed by atoms with Crippen molar-refractivity contribution < 1.29 is 23.8 Å². The number of anilines is 1. The largest absolute Gasteiger partial charge is 0.493 e. The van der Waals surface area contributed by atoms with Crippen LogP contribution in [0.15, 0.2) is 23.6 Å². The summed E-state index contributed by atoms with van der Waals surface area (Å²) in [6.07, 6.45) is 3.89. The van der Waals surface area contributed by atoms with Crippen LogP contribution in [0.5, 0.6) is 11.5 Å². The summed E-state index contributed by atoms with van der Waals surface area (Å²) in [6.45, 7) is 1.51. The summed E-state index contributed by atoms with van der Waals surface area (Å²) in [7, 11) is 3.18. The number of fused-ring (bicyclic) bond motifs is 1. The van der Waals surface area contributed by atoms with E-state index in [1.807, 2.05) is 23.6 Å². The van der Waals surface area contributed by atoms with E-state index in [-0.39, 0.29) is 12.5 Å². The highest BCUT2D eigenvalue weighted by molar-refractivity contribution is 7.17. The number of carbonyl (C=O) groups excluding carboxylic acids is 2. The van der Waals surface area contributed by atoms with Crippen LogP contribution in [0.1, 0.15) is 46.3 Å². The van der Waals surface area contributed by atoms with E-state index in [4.69, 9.17) is 14.2 Å². The molecule has 4 rings (SSSR count). The second-order valence-electron chi connectivity index (χ2n) is 7.39. The Kier molecular flexibility index (Phi) is 6.76. The van der Waals surface area contributed by atoms with Crippen LogP contribution in [0.2, 0.25) is 0 Å². The molecule has 7 nitrogen and oxygen atoms in total. The summed E-state index contributed by atoms with van der Waals surface area (Å²) in [5, 5.41) is 6.05. The van der Waals surface area contributed by atoms with Crippen molar-refractivity contribution in [3.8, 4) is 22.1 Å². The quantitative estimate of drug-likeness (QED) is 0.483. The molecule has 1 aliphatic rings. The van der Waals surface area contributed by atoms with Gasteiger partial charge in [-0.15, -0.1) is 22.7 Å². The number of benzene rings is 1. The zero-order chi connectivity index (χ0) is 22.7. The minimum Gasteiger partial charge on any atom is -0.493 e. The summed E-state index contributed by atoms with van der Waals surface area (Å²) < 4.78 is 16.3. The van der Waals surface area contributed by atoms with E-state index in [1.54, 1.807) is 14.2 Å². The van der Waals surface area contributed by atoms with Crippen molar-refractivity contribution in [3.63, 3.8) is 0 Å². The first kappa shape index (κ1) is 22.3. The van der Waals surface area contributed by atoms with E-state index in [2.05, 4.69) is 10.3 Å². The smallest absolute Gasteiger partial charge is 0.341 e. The average Bonchev–Trinajstić information content (AvgIpc) is 3.41. The van der Waals surface area contributed by atoms with Crippen LogP contribution in [0, 0.1) is 0 Å². The highest BCUT2D eigenvalue weighted by atomic mass is 32.1. The van der Waals surface area contributed by atoms with Gasteiger partial charge in [-0.05, 0) is 49.4 Å². The molecule has 0 spiro atoms. The number of amides is 1. The lowest BCUT2D eigenvalue weighted by atomic mass is 9.95. The van der Waals surface area contributed by atoms with Crippen molar-refractivity contribution in [2.45, 2.75) is 39.2 Å². The molecule has 1 N–H and O–H groups in total. The van der Waals surface area contributed by atoms with Gasteiger partial charge in [0, 0.05) is 22.7 Å². The number of aromatic nitrogens is 1. The van der Waals surface area contributed by atoms with E-state index in [0.29, 0.717) is 27.8 Å². The summed E-state index contributed by atoms with van der Waals surface area (Å²) in [5.41, 5.74) is 3.07. The second-order valence-corrected chi connectivity index (χ2v) is 9.35. The molecule has 0 radical (unpaired) electrons. The Labute approximate surface area is 194 Å². The lowest BCUT2D eigenvalue weighted by Crippen LogP contribution is -2.13. The number of carbonyl (C=O) groups is 2. The number of nitrogens with one attached hydrogen (secondary N) is 1. The molecule has 0 saturated carbocycles. The van der Waals surface area contributed by atoms with Crippen LogP contribution in [0.4, 0.5) is 5.00 Å². The van der Waals surface area contributed by atoms with Crippen LogP contribution in [0.3, 0.4) is 0 Å². The van der Waals surface area contributed by atoms with Gasteiger partial charge in [0.05, 0.1) is 25.5 Å². The number of hydrogen-bond donors (Lipinski definition) is 1. The SMILES string of the molecule is COc1ccc(-c2nc(COC(=O)c3c(NC(C)=O)sc4c3CCCC4)cs2)cc1OC. The van der Waals surface area contributed by atoms with Gasteiger partial charge in [-0.2, -0.15) is 0 Å². The number of ether oxygens (including phenoxy) is 3. The fourth-order valence-corrected chi connectivity index (χ4v) is 5.84. The van der Waals surface area contributed by atoms with Crippen LogP contribution in [0.25, 0.3) is 10.6 Å². The van der Waals surface area contributed by atoms with Gasteiger partial charge in [0.2, 0.25) is 5.91 Å². The standard InChI is InChI=1S/C23H24N2O5S2/c1-13(26)24-22-20(16-6-4-5-7-19(16)32-22)23(27)30-11-15-12-31-21(25-15)14-8-9-17(28-2)18(10-14)29-3/h8-10,12H,4-7,11H2,1-3H3,(H,24,26). The maximum absolute atomic E-state index is 13.0. The molecule has 1 aliphatic carbocycles. The van der Waals surface area contributed by atoms with Gasteiger partial charge >= 0.3 is 5.97 Å². The van der Waals surface area contributed by atoms with Gasteiger partial charge in [0.25, 0.3) is 0 Å². The Morgan fingerprint density at radius 1 is 1.12 bits per heavy atom. The minimum atomic E-state index is -0.422. The number of thiophene rings is 1. The molecule has 32 heavy (non-hydrogen) atoms. The lowest BCUT2D eigenvalue weighted by Gasteiger charge is -2.12. The molecular weight excluding hydrogens is 448 g/mol. The topological polar surface area (TPSA) is 86.8 Å². The monoisotopic (exact) mass is 472 g/mol. The molecule has 1 amide bonds. The molecule has 0 fully saturated rings. The van der Waals surface area contributed by atoms with E-state index in [0.717, 1.165) is 46.7 Å². The van der Waals surface area contributed by atoms with Gasteiger partial charge in [-0.1, -0.05) is 0 Å². The summed E-state index contributed by atoms with van der Waals surface area (Å²) >= 11 is 2.94. The molecule has 168 valence electrons. The molecule has 3 aromatic rings. The molecule has 2 aromatic heterocycles. The van der Waals surface area contributed by atoms with Crippen LogP contribution >= 0.6 is 22.7 Å². The van der Waals surface area contributed by atoms with Crippen LogP contribution in [-0.2, 0) is 29.0 Å². The van der Waals surface area contributed by atoms with Gasteiger partial charge in [-0.3, -0.25) is 4.79 Å². The van der Waals surface area contributed by atoms with Crippen molar-refractivity contribution in [1.82, 2.24) is 4.98 Å². The van der Waals surface area contributed by atoms with Crippen molar-refractivity contribution >= 4 is 39.6 Å². The first-order valence-electron chi connectivity index (χ1n) is 10.3. The summed E-state index contributed by atoms with van der Waals surface area (Å²) in [6, 6.07) is 5.61. The third-order valence-corrected chi connectivity index (χ3v) is 7.35. The number of thiazole rings is 1. The Bertz CT molecular complexity index is 1150. The molecule has 0 bridgehead atoms. The number of nitrogens with zero attached hydrogens (tertiary/aromatic N) is 1. The predicted molar refractivity (Wildman–Crippen MR) is 125 cm³/mol. The highest BCUT2D eigenvalue weighted by Gasteiger charge is 2.27. The number of rotatable bonds is 7. The second kappa shape index (κ2) is 9.70. The Hall–Kier alpha value is -2.91. The molecule has 1 aromatic carbocycles. The van der Waals surface area contributed by atoms with Gasteiger partial charge in [0.1, 0.15) is 16.6 Å². The zero-order valence-electron chi connectivity index (χ0n) is 18.1. The first-order chi connectivity index (χ1) is 15.5. The van der Waals surface area contributed by atoms with Crippen LogP contribution in [-0.4, -0.2) is 31.1 Å². The Morgan fingerprint density at radius 2 is 1.91 bits per heavy atom. The fourth-order valence-electron chi connectivity index (χ4n) is 3.72. The number of methoxy groups -OCH3 is 2. The van der Waals surface area contributed by atoms with E-state index in [9.17, 15) is 9.59 Å². The number of esters is 1. The maximum Gasteiger partial charge on any atom is 0.341 e. The molecule has 0 aliphatic heterocycles. The molecule has 0 saturated heterocycles. The van der Waals surface area contributed by atoms with Gasteiger partial charge in [-0.25, -0.2) is 9.78 Å². The lowest BCUT2D eigenvalue weighted by molar-refractivity contribution is -0.114. The zero-order valence-corrected chi connectivity index (χ0v) is 19.8.